The number of hydrogen-bond donors (Lipinski definition) is 3. The molecule has 0 aliphatic carbocycles. The SMILES string of the molecule is CC(NC(=O)c1nc[nH]c1C(=O)O)C(=O)N1CCCCC1. The van der Waals surface area contributed by atoms with Gasteiger partial charge in [-0.3, -0.25) is 9.59 Å². The summed E-state index contributed by atoms with van der Waals surface area (Å²) in [7, 11) is 0. The molecule has 2 amide bonds. The van der Waals surface area contributed by atoms with Gasteiger partial charge in [-0.2, -0.15) is 0 Å². The van der Waals surface area contributed by atoms with Crippen LogP contribution in [0.15, 0.2) is 6.33 Å². The molecule has 1 saturated heterocycles. The van der Waals surface area contributed by atoms with Crippen molar-refractivity contribution < 1.29 is 19.5 Å². The zero-order chi connectivity index (χ0) is 15.4. The first kappa shape index (κ1) is 15.0. The molecule has 2 heterocycles. The normalized spacial score (nSPS) is 16.3. The third-order valence-corrected chi connectivity index (χ3v) is 3.45. The maximum absolute atomic E-state index is 12.2. The fraction of sp³-hybridized carbons (Fsp3) is 0.538. The van der Waals surface area contributed by atoms with Crippen LogP contribution in [-0.4, -0.2) is 56.9 Å². The lowest BCUT2D eigenvalue weighted by Crippen LogP contribution is -2.48. The average molecular weight is 294 g/mol. The summed E-state index contributed by atoms with van der Waals surface area (Å²) in [5.74, 6) is -2.10. The van der Waals surface area contributed by atoms with Crippen LogP contribution in [0.1, 0.15) is 47.2 Å². The first-order valence-electron chi connectivity index (χ1n) is 6.87. The first-order valence-corrected chi connectivity index (χ1v) is 6.87. The minimum atomic E-state index is -1.27. The number of aromatic carboxylic acids is 1. The van der Waals surface area contributed by atoms with Gasteiger partial charge in [0, 0.05) is 13.1 Å². The van der Waals surface area contributed by atoms with E-state index < -0.39 is 17.9 Å². The van der Waals surface area contributed by atoms with Gasteiger partial charge in [0.1, 0.15) is 6.04 Å². The summed E-state index contributed by atoms with van der Waals surface area (Å²) in [6.07, 6.45) is 4.18. The molecular formula is C13H18N4O4. The summed E-state index contributed by atoms with van der Waals surface area (Å²) in [6.45, 7) is 2.98. The number of rotatable bonds is 4. The van der Waals surface area contributed by atoms with Crippen LogP contribution in [0, 0.1) is 0 Å². The van der Waals surface area contributed by atoms with Crippen LogP contribution in [0.25, 0.3) is 0 Å². The van der Waals surface area contributed by atoms with Crippen LogP contribution in [0.5, 0.6) is 0 Å². The van der Waals surface area contributed by atoms with E-state index in [9.17, 15) is 14.4 Å². The van der Waals surface area contributed by atoms with E-state index >= 15 is 0 Å². The lowest BCUT2D eigenvalue weighted by Gasteiger charge is -2.29. The lowest BCUT2D eigenvalue weighted by molar-refractivity contribution is -0.133. The van der Waals surface area contributed by atoms with Gasteiger partial charge < -0.3 is 20.3 Å². The maximum Gasteiger partial charge on any atom is 0.354 e. The molecule has 114 valence electrons. The number of carbonyl (C=O) groups is 3. The highest BCUT2D eigenvalue weighted by Gasteiger charge is 2.26. The van der Waals surface area contributed by atoms with Gasteiger partial charge in [0.05, 0.1) is 6.33 Å². The van der Waals surface area contributed by atoms with Crippen molar-refractivity contribution in [1.29, 1.82) is 0 Å². The monoisotopic (exact) mass is 294 g/mol. The average Bonchev–Trinajstić information content (AvgIpc) is 2.97. The Balaban J connectivity index is 1.99. The molecule has 1 aromatic rings. The number of hydrogen-bond acceptors (Lipinski definition) is 4. The molecule has 1 fully saturated rings. The lowest BCUT2D eigenvalue weighted by atomic mass is 10.1. The predicted molar refractivity (Wildman–Crippen MR) is 72.9 cm³/mol. The van der Waals surface area contributed by atoms with Crippen molar-refractivity contribution in [2.45, 2.75) is 32.2 Å². The Bertz CT molecular complexity index is 548. The summed E-state index contributed by atoms with van der Waals surface area (Å²) in [4.78, 5) is 42.9. The van der Waals surface area contributed by atoms with Crippen molar-refractivity contribution in [3.63, 3.8) is 0 Å². The molecule has 3 N–H and O–H groups in total. The quantitative estimate of drug-likeness (QED) is 0.735. The number of carboxylic acids is 1. The third-order valence-electron chi connectivity index (χ3n) is 3.45. The molecule has 1 aliphatic heterocycles. The van der Waals surface area contributed by atoms with Crippen molar-refractivity contribution in [1.82, 2.24) is 20.2 Å². The van der Waals surface area contributed by atoms with Gasteiger partial charge in [0.2, 0.25) is 5.91 Å². The molecule has 1 aromatic heterocycles. The number of aromatic nitrogens is 2. The van der Waals surface area contributed by atoms with Crippen LogP contribution in [0.4, 0.5) is 0 Å². The standard InChI is InChI=1S/C13H18N4O4/c1-8(12(19)17-5-3-2-4-6-17)16-11(18)9-10(13(20)21)15-7-14-9/h7-8H,2-6H2,1H3,(H,14,15)(H,16,18)(H,20,21). The molecule has 0 saturated carbocycles. The van der Waals surface area contributed by atoms with Crippen molar-refractivity contribution in [3.8, 4) is 0 Å². The summed E-state index contributed by atoms with van der Waals surface area (Å²) in [5, 5.41) is 11.4. The van der Waals surface area contributed by atoms with Crippen LogP contribution in [-0.2, 0) is 4.79 Å². The number of carbonyl (C=O) groups excluding carboxylic acids is 2. The highest BCUT2D eigenvalue weighted by atomic mass is 16.4. The fourth-order valence-electron chi connectivity index (χ4n) is 2.34. The molecule has 21 heavy (non-hydrogen) atoms. The van der Waals surface area contributed by atoms with Crippen LogP contribution >= 0.6 is 0 Å². The fourth-order valence-corrected chi connectivity index (χ4v) is 2.34. The molecule has 0 bridgehead atoms. The molecule has 0 radical (unpaired) electrons. The minimum absolute atomic E-state index is 0.157. The number of nitrogens with zero attached hydrogens (tertiary/aromatic N) is 2. The second-order valence-electron chi connectivity index (χ2n) is 5.01. The second kappa shape index (κ2) is 6.38. The highest BCUT2D eigenvalue weighted by Crippen LogP contribution is 2.10. The minimum Gasteiger partial charge on any atom is -0.477 e. The van der Waals surface area contributed by atoms with E-state index in [1.165, 1.54) is 0 Å². The second-order valence-corrected chi connectivity index (χ2v) is 5.01. The Morgan fingerprint density at radius 1 is 1.33 bits per heavy atom. The maximum atomic E-state index is 12.2. The summed E-state index contributed by atoms with van der Waals surface area (Å²) in [6, 6.07) is -0.714. The number of amides is 2. The molecule has 8 nitrogen and oxygen atoms in total. The zero-order valence-corrected chi connectivity index (χ0v) is 11.8. The molecule has 2 rings (SSSR count). The van der Waals surface area contributed by atoms with E-state index in [2.05, 4.69) is 15.3 Å². The van der Waals surface area contributed by atoms with Gasteiger partial charge in [-0.25, -0.2) is 9.78 Å². The molecule has 0 spiro atoms. The summed E-state index contributed by atoms with van der Waals surface area (Å²) in [5.41, 5.74) is -0.508. The van der Waals surface area contributed by atoms with E-state index in [-0.39, 0.29) is 17.3 Å². The van der Waals surface area contributed by atoms with Gasteiger partial charge in [-0.05, 0) is 26.2 Å². The van der Waals surface area contributed by atoms with Crippen LogP contribution in [0.2, 0.25) is 0 Å². The first-order chi connectivity index (χ1) is 10.0. The Morgan fingerprint density at radius 3 is 2.62 bits per heavy atom. The van der Waals surface area contributed by atoms with Crippen molar-refractivity contribution >= 4 is 17.8 Å². The van der Waals surface area contributed by atoms with Gasteiger partial charge in [0.25, 0.3) is 5.91 Å². The van der Waals surface area contributed by atoms with E-state index in [1.807, 2.05) is 0 Å². The predicted octanol–water partition coefficient (Wildman–Crippen LogP) is 0.239. The number of piperidine rings is 1. The van der Waals surface area contributed by atoms with E-state index in [4.69, 9.17) is 5.11 Å². The number of aromatic amines is 1. The van der Waals surface area contributed by atoms with Crippen LogP contribution in [0.3, 0.4) is 0 Å². The van der Waals surface area contributed by atoms with Gasteiger partial charge >= 0.3 is 5.97 Å². The molecule has 0 aromatic carbocycles. The summed E-state index contributed by atoms with van der Waals surface area (Å²) >= 11 is 0. The highest BCUT2D eigenvalue weighted by molar-refractivity contribution is 6.03. The van der Waals surface area contributed by atoms with E-state index in [0.717, 1.165) is 25.6 Å². The Hall–Kier alpha value is -2.38. The number of nitrogens with one attached hydrogen (secondary N) is 2. The third kappa shape index (κ3) is 3.39. The molecular weight excluding hydrogens is 276 g/mol. The smallest absolute Gasteiger partial charge is 0.354 e. The number of likely N-dealkylation sites (tertiary alicyclic amines) is 1. The van der Waals surface area contributed by atoms with Gasteiger partial charge in [0.15, 0.2) is 11.4 Å². The Kier molecular flexibility index (Phi) is 4.56. The Morgan fingerprint density at radius 2 is 2.00 bits per heavy atom. The van der Waals surface area contributed by atoms with Crippen molar-refractivity contribution in [2.75, 3.05) is 13.1 Å². The van der Waals surface area contributed by atoms with Gasteiger partial charge in [-0.15, -0.1) is 0 Å². The van der Waals surface area contributed by atoms with Crippen LogP contribution < -0.4 is 5.32 Å². The van der Waals surface area contributed by atoms with Crippen molar-refractivity contribution in [2.24, 2.45) is 0 Å². The van der Waals surface area contributed by atoms with Gasteiger partial charge in [-0.1, -0.05) is 0 Å². The number of H-pyrrole nitrogens is 1. The molecule has 1 aliphatic rings. The number of imidazole rings is 1. The number of carboxylic acid groups (broad SMARTS) is 1. The summed E-state index contributed by atoms with van der Waals surface area (Å²) < 4.78 is 0. The van der Waals surface area contributed by atoms with Crippen molar-refractivity contribution in [3.05, 3.63) is 17.7 Å². The molecule has 8 heteroatoms. The molecule has 1 unspecified atom stereocenters. The topological polar surface area (TPSA) is 115 Å². The van der Waals surface area contributed by atoms with E-state index in [1.54, 1.807) is 11.8 Å². The Labute approximate surface area is 121 Å². The molecule has 1 atom stereocenters. The zero-order valence-electron chi connectivity index (χ0n) is 11.8. The largest absolute Gasteiger partial charge is 0.477 e. The van der Waals surface area contributed by atoms with E-state index in [0.29, 0.717) is 13.1 Å².